The van der Waals surface area contributed by atoms with Gasteiger partial charge < -0.3 is 10.3 Å². The van der Waals surface area contributed by atoms with Crippen LogP contribution in [0.25, 0.3) is 10.9 Å². The van der Waals surface area contributed by atoms with E-state index >= 15 is 0 Å². The van der Waals surface area contributed by atoms with E-state index in [-0.39, 0.29) is 11.8 Å². The number of hydrogen-bond acceptors (Lipinski definition) is 2. The van der Waals surface area contributed by atoms with Gasteiger partial charge in [-0.05, 0) is 29.2 Å². The summed E-state index contributed by atoms with van der Waals surface area (Å²) in [7, 11) is 0. The molecule has 2 aromatic carbocycles. The van der Waals surface area contributed by atoms with E-state index in [0.29, 0.717) is 6.54 Å². The number of H-pyrrole nitrogens is 1. The molecule has 1 atom stereocenters. The van der Waals surface area contributed by atoms with Crippen molar-refractivity contribution in [2.24, 2.45) is 0 Å². The lowest BCUT2D eigenvalue weighted by molar-refractivity contribution is -0.122. The molecule has 0 saturated heterocycles. The quantitative estimate of drug-likeness (QED) is 0.760. The predicted octanol–water partition coefficient (Wildman–Crippen LogP) is 3.86. The Labute approximate surface area is 145 Å². The summed E-state index contributed by atoms with van der Waals surface area (Å²) >= 11 is 1.82. The first-order chi connectivity index (χ1) is 11.8. The fourth-order valence-corrected chi connectivity index (χ4v) is 4.51. The smallest absolute Gasteiger partial charge is 0.228 e. The van der Waals surface area contributed by atoms with E-state index in [1.807, 2.05) is 23.9 Å². The van der Waals surface area contributed by atoms with Gasteiger partial charge in [-0.3, -0.25) is 4.79 Å². The number of aromatic nitrogens is 1. The van der Waals surface area contributed by atoms with Gasteiger partial charge in [-0.15, -0.1) is 0 Å². The summed E-state index contributed by atoms with van der Waals surface area (Å²) in [5.41, 5.74) is 4.89. The summed E-state index contributed by atoms with van der Waals surface area (Å²) in [6.07, 6.45) is 2.96. The Morgan fingerprint density at radius 1 is 1.08 bits per heavy atom. The summed E-state index contributed by atoms with van der Waals surface area (Å²) in [6, 6.07) is 16.7. The summed E-state index contributed by atoms with van der Waals surface area (Å²) in [6.45, 7) is 0.708. The second-order valence-electron chi connectivity index (χ2n) is 6.18. The van der Waals surface area contributed by atoms with Crippen LogP contribution >= 0.6 is 11.8 Å². The molecule has 1 aromatic heterocycles. The lowest BCUT2D eigenvalue weighted by atomic mass is 9.92. The van der Waals surface area contributed by atoms with Crippen LogP contribution in [0, 0.1) is 0 Å². The van der Waals surface area contributed by atoms with E-state index in [9.17, 15) is 4.79 Å². The van der Waals surface area contributed by atoms with Crippen molar-refractivity contribution in [3.05, 3.63) is 71.4 Å². The molecule has 0 spiro atoms. The Bertz CT molecular complexity index is 856. The fraction of sp³-hybridized carbons (Fsp3) is 0.250. The maximum absolute atomic E-state index is 12.6. The van der Waals surface area contributed by atoms with Gasteiger partial charge in [0.2, 0.25) is 5.91 Å². The molecule has 122 valence electrons. The number of aromatic amines is 1. The molecule has 1 unspecified atom stereocenters. The molecular formula is C20H20N2OS. The van der Waals surface area contributed by atoms with E-state index in [0.717, 1.165) is 29.0 Å². The Kier molecular flexibility index (Phi) is 4.30. The Morgan fingerprint density at radius 2 is 1.96 bits per heavy atom. The van der Waals surface area contributed by atoms with Crippen LogP contribution < -0.4 is 5.32 Å². The molecule has 24 heavy (non-hydrogen) atoms. The highest BCUT2D eigenvalue weighted by atomic mass is 32.2. The normalized spacial score (nSPS) is 17.3. The van der Waals surface area contributed by atoms with Crippen molar-refractivity contribution < 1.29 is 4.79 Å². The third kappa shape index (κ3) is 2.94. The zero-order valence-electron chi connectivity index (χ0n) is 13.4. The molecular weight excluding hydrogens is 316 g/mol. The minimum Gasteiger partial charge on any atom is -0.361 e. The molecule has 0 radical (unpaired) electrons. The van der Waals surface area contributed by atoms with Crippen LogP contribution in [0.15, 0.2) is 54.7 Å². The second-order valence-corrected chi connectivity index (χ2v) is 7.21. The first-order valence-corrected chi connectivity index (χ1v) is 9.46. The van der Waals surface area contributed by atoms with Gasteiger partial charge in [0, 0.05) is 35.2 Å². The minimum atomic E-state index is -0.0998. The third-order valence-corrected chi connectivity index (χ3v) is 5.71. The van der Waals surface area contributed by atoms with Gasteiger partial charge in [0.1, 0.15) is 0 Å². The second kappa shape index (κ2) is 6.73. The largest absolute Gasteiger partial charge is 0.361 e. The topological polar surface area (TPSA) is 44.9 Å². The highest BCUT2D eigenvalue weighted by Gasteiger charge is 2.25. The van der Waals surface area contributed by atoms with Crippen molar-refractivity contribution in [1.82, 2.24) is 10.3 Å². The maximum atomic E-state index is 12.6. The molecule has 4 heteroatoms. The van der Waals surface area contributed by atoms with Crippen LogP contribution in [0.5, 0.6) is 0 Å². The molecule has 0 fully saturated rings. The fourth-order valence-electron chi connectivity index (χ4n) is 3.39. The van der Waals surface area contributed by atoms with Gasteiger partial charge in [0.05, 0.1) is 5.92 Å². The zero-order chi connectivity index (χ0) is 16.4. The van der Waals surface area contributed by atoms with E-state index in [1.165, 1.54) is 16.5 Å². The molecule has 3 nitrogen and oxygen atoms in total. The molecule has 3 aromatic rings. The summed E-state index contributed by atoms with van der Waals surface area (Å²) in [5.74, 6) is 1.78. The lowest BCUT2D eigenvalue weighted by Gasteiger charge is -2.21. The zero-order valence-corrected chi connectivity index (χ0v) is 14.2. The lowest BCUT2D eigenvalue weighted by Crippen LogP contribution is -2.33. The van der Waals surface area contributed by atoms with E-state index in [1.54, 1.807) is 0 Å². The number of benzene rings is 2. The molecule has 1 aliphatic heterocycles. The summed E-state index contributed by atoms with van der Waals surface area (Å²) in [5, 5.41) is 4.34. The van der Waals surface area contributed by atoms with Crippen molar-refractivity contribution in [2.75, 3.05) is 12.3 Å². The Balaban J connectivity index is 1.61. The molecule has 0 aliphatic carbocycles. The van der Waals surface area contributed by atoms with Gasteiger partial charge in [-0.1, -0.05) is 42.5 Å². The number of nitrogens with one attached hydrogen (secondary N) is 2. The van der Waals surface area contributed by atoms with E-state index in [2.05, 4.69) is 52.9 Å². The Hall–Kier alpha value is -2.20. The number of rotatable bonds is 4. The molecule has 2 N–H and O–H groups in total. The van der Waals surface area contributed by atoms with Gasteiger partial charge in [0.25, 0.3) is 0 Å². The van der Waals surface area contributed by atoms with Crippen molar-refractivity contribution in [3.63, 3.8) is 0 Å². The Morgan fingerprint density at radius 3 is 2.83 bits per heavy atom. The predicted molar refractivity (Wildman–Crippen MR) is 100 cm³/mol. The highest BCUT2D eigenvalue weighted by molar-refractivity contribution is 7.98. The van der Waals surface area contributed by atoms with Crippen LogP contribution in [0.4, 0.5) is 0 Å². The van der Waals surface area contributed by atoms with E-state index < -0.39 is 0 Å². The highest BCUT2D eigenvalue weighted by Crippen LogP contribution is 2.32. The first-order valence-electron chi connectivity index (χ1n) is 8.31. The average Bonchev–Trinajstić information content (AvgIpc) is 3.02. The molecule has 0 saturated carbocycles. The van der Waals surface area contributed by atoms with Crippen LogP contribution in [0.1, 0.15) is 22.6 Å². The summed E-state index contributed by atoms with van der Waals surface area (Å²) < 4.78 is 0. The van der Waals surface area contributed by atoms with Gasteiger partial charge in [0.15, 0.2) is 0 Å². The number of hydrogen-bond donors (Lipinski definition) is 2. The van der Waals surface area contributed by atoms with Crippen molar-refractivity contribution in [1.29, 1.82) is 0 Å². The SMILES string of the molecule is O=C1NCCc2c[nH]c3cccc(c23)C1CSCc1ccccc1. The molecule has 4 rings (SSSR count). The third-order valence-electron chi connectivity index (χ3n) is 4.60. The minimum absolute atomic E-state index is 0.0998. The van der Waals surface area contributed by atoms with Crippen LogP contribution in [-0.2, 0) is 17.0 Å². The van der Waals surface area contributed by atoms with Crippen LogP contribution in [0.2, 0.25) is 0 Å². The molecule has 1 aliphatic rings. The van der Waals surface area contributed by atoms with Crippen LogP contribution in [-0.4, -0.2) is 23.2 Å². The summed E-state index contributed by atoms with van der Waals surface area (Å²) in [4.78, 5) is 16.0. The van der Waals surface area contributed by atoms with Crippen LogP contribution in [0.3, 0.4) is 0 Å². The maximum Gasteiger partial charge on any atom is 0.228 e. The van der Waals surface area contributed by atoms with Gasteiger partial charge in [-0.2, -0.15) is 11.8 Å². The number of amides is 1. The first kappa shape index (κ1) is 15.3. The van der Waals surface area contributed by atoms with Gasteiger partial charge in [-0.25, -0.2) is 0 Å². The number of carbonyl (C=O) groups excluding carboxylic acids is 1. The molecule has 0 bridgehead atoms. The number of thioether (sulfide) groups is 1. The van der Waals surface area contributed by atoms with Crippen molar-refractivity contribution in [2.45, 2.75) is 18.1 Å². The van der Waals surface area contributed by atoms with E-state index in [4.69, 9.17) is 0 Å². The van der Waals surface area contributed by atoms with Crippen molar-refractivity contribution >= 4 is 28.6 Å². The molecule has 1 amide bonds. The number of carbonyl (C=O) groups is 1. The van der Waals surface area contributed by atoms with Crippen molar-refractivity contribution in [3.8, 4) is 0 Å². The van der Waals surface area contributed by atoms with Gasteiger partial charge >= 0.3 is 0 Å². The molecule has 2 heterocycles. The standard InChI is InChI=1S/C20H20N2OS/c23-20-17(13-24-12-14-5-2-1-3-6-14)16-7-4-8-18-19(16)15(11-22-18)9-10-21-20/h1-8,11,17,22H,9-10,12-13H2,(H,21,23). The average molecular weight is 336 g/mol. The monoisotopic (exact) mass is 336 g/mol.